The molecule has 0 fully saturated rings. The molecule has 0 radical (unpaired) electrons. The van der Waals surface area contributed by atoms with Crippen LogP contribution in [-0.4, -0.2) is 35.6 Å². The molecule has 0 aromatic heterocycles. The predicted octanol–water partition coefficient (Wildman–Crippen LogP) is 2.18. The van der Waals surface area contributed by atoms with Gasteiger partial charge >= 0.3 is 12.0 Å². The van der Waals surface area contributed by atoms with Gasteiger partial charge in [-0.05, 0) is 31.5 Å². The van der Waals surface area contributed by atoms with Gasteiger partial charge in [0, 0.05) is 19.3 Å². The van der Waals surface area contributed by atoms with Gasteiger partial charge in [0.05, 0.1) is 5.56 Å². The summed E-state index contributed by atoms with van der Waals surface area (Å²) in [5.74, 6) is -0.998. The molecule has 17 heavy (non-hydrogen) atoms. The van der Waals surface area contributed by atoms with E-state index in [1.165, 1.54) is 11.0 Å². The first-order valence-electron chi connectivity index (χ1n) is 5.32. The van der Waals surface area contributed by atoms with Crippen LogP contribution in [0.2, 0.25) is 0 Å². The molecular weight excluding hydrogens is 220 g/mol. The van der Waals surface area contributed by atoms with Crippen molar-refractivity contribution in [2.45, 2.75) is 13.8 Å². The number of aromatic carboxylic acids is 1. The van der Waals surface area contributed by atoms with Crippen LogP contribution in [0.1, 0.15) is 22.8 Å². The van der Waals surface area contributed by atoms with E-state index in [1.807, 2.05) is 6.92 Å². The topological polar surface area (TPSA) is 69.6 Å². The number of nitrogens with zero attached hydrogens (tertiary/aromatic N) is 1. The molecule has 0 aliphatic rings. The van der Waals surface area contributed by atoms with Crippen LogP contribution in [0.5, 0.6) is 0 Å². The van der Waals surface area contributed by atoms with E-state index in [2.05, 4.69) is 5.32 Å². The minimum Gasteiger partial charge on any atom is -0.478 e. The van der Waals surface area contributed by atoms with Gasteiger partial charge in [-0.15, -0.1) is 0 Å². The third kappa shape index (κ3) is 2.96. The Hall–Kier alpha value is -2.04. The summed E-state index contributed by atoms with van der Waals surface area (Å²) < 4.78 is 0. The van der Waals surface area contributed by atoms with E-state index >= 15 is 0 Å². The van der Waals surface area contributed by atoms with E-state index < -0.39 is 5.97 Å². The summed E-state index contributed by atoms with van der Waals surface area (Å²) in [4.78, 5) is 24.1. The second kappa shape index (κ2) is 5.34. The number of carbonyl (C=O) groups excluding carboxylic acids is 1. The van der Waals surface area contributed by atoms with Gasteiger partial charge in [-0.2, -0.15) is 0 Å². The fourth-order valence-electron chi connectivity index (χ4n) is 1.36. The lowest BCUT2D eigenvalue weighted by molar-refractivity contribution is 0.0696. The summed E-state index contributed by atoms with van der Waals surface area (Å²) in [6.07, 6.45) is 0. The Bertz CT molecular complexity index is 443. The summed E-state index contributed by atoms with van der Waals surface area (Å²) in [5, 5.41) is 11.6. The first kappa shape index (κ1) is 13.0. The Balaban J connectivity index is 2.96. The zero-order chi connectivity index (χ0) is 13.0. The summed E-state index contributed by atoms with van der Waals surface area (Å²) >= 11 is 0. The van der Waals surface area contributed by atoms with Crippen molar-refractivity contribution in [3.05, 3.63) is 29.3 Å². The monoisotopic (exact) mass is 236 g/mol. The minimum atomic E-state index is -0.998. The van der Waals surface area contributed by atoms with Gasteiger partial charge in [0.15, 0.2) is 0 Å². The Morgan fingerprint density at radius 3 is 2.59 bits per heavy atom. The lowest BCUT2D eigenvalue weighted by atomic mass is 10.1. The van der Waals surface area contributed by atoms with E-state index in [0.717, 1.165) is 0 Å². The maximum Gasteiger partial charge on any atom is 0.336 e. The summed E-state index contributed by atoms with van der Waals surface area (Å²) in [5.41, 5.74) is 1.27. The maximum atomic E-state index is 11.6. The predicted molar refractivity (Wildman–Crippen MR) is 65.5 cm³/mol. The third-order valence-electron chi connectivity index (χ3n) is 2.63. The van der Waals surface area contributed by atoms with Crippen molar-refractivity contribution in [1.82, 2.24) is 4.90 Å². The van der Waals surface area contributed by atoms with Gasteiger partial charge in [0.2, 0.25) is 0 Å². The second-order valence-corrected chi connectivity index (χ2v) is 3.73. The van der Waals surface area contributed by atoms with Crippen molar-refractivity contribution < 1.29 is 14.7 Å². The number of amides is 2. The van der Waals surface area contributed by atoms with Crippen LogP contribution >= 0.6 is 0 Å². The Morgan fingerprint density at radius 2 is 2.06 bits per heavy atom. The molecule has 1 aromatic carbocycles. The number of carboxylic acid groups (broad SMARTS) is 1. The number of rotatable bonds is 3. The van der Waals surface area contributed by atoms with E-state index in [1.54, 1.807) is 26.1 Å². The van der Waals surface area contributed by atoms with Crippen LogP contribution < -0.4 is 5.32 Å². The number of carbonyl (C=O) groups is 2. The molecule has 0 aliphatic heterocycles. The summed E-state index contributed by atoms with van der Waals surface area (Å²) in [7, 11) is 1.67. The molecule has 2 amide bonds. The van der Waals surface area contributed by atoms with Gasteiger partial charge in [0.1, 0.15) is 0 Å². The van der Waals surface area contributed by atoms with Crippen molar-refractivity contribution in [3.63, 3.8) is 0 Å². The van der Waals surface area contributed by atoms with Crippen molar-refractivity contribution in [3.8, 4) is 0 Å². The Kier molecular flexibility index (Phi) is 4.09. The molecule has 0 saturated heterocycles. The number of hydrogen-bond donors (Lipinski definition) is 2. The van der Waals surface area contributed by atoms with Crippen molar-refractivity contribution in [2.24, 2.45) is 0 Å². The van der Waals surface area contributed by atoms with Crippen molar-refractivity contribution in [1.29, 1.82) is 0 Å². The third-order valence-corrected chi connectivity index (χ3v) is 2.63. The molecule has 0 unspecified atom stereocenters. The molecular formula is C12H16N2O3. The number of benzene rings is 1. The van der Waals surface area contributed by atoms with Crippen molar-refractivity contribution >= 4 is 17.7 Å². The normalized spacial score (nSPS) is 9.82. The fourth-order valence-corrected chi connectivity index (χ4v) is 1.36. The standard InChI is InChI=1S/C12H16N2O3/c1-4-14(3)12(17)13-10-7-5-6-9(8(10)2)11(15)16/h5-7H,4H2,1-3H3,(H,13,17)(H,15,16). The zero-order valence-corrected chi connectivity index (χ0v) is 10.2. The molecule has 92 valence electrons. The quantitative estimate of drug-likeness (QED) is 0.845. The number of urea groups is 1. The molecule has 0 spiro atoms. The smallest absolute Gasteiger partial charge is 0.336 e. The molecule has 0 atom stereocenters. The van der Waals surface area contributed by atoms with Crippen LogP contribution in [0.25, 0.3) is 0 Å². The zero-order valence-electron chi connectivity index (χ0n) is 10.2. The average Bonchev–Trinajstić information content (AvgIpc) is 2.30. The number of hydrogen-bond acceptors (Lipinski definition) is 2. The van der Waals surface area contributed by atoms with Crippen molar-refractivity contribution in [2.75, 3.05) is 18.9 Å². The molecule has 5 heteroatoms. The molecule has 2 N–H and O–H groups in total. The number of anilines is 1. The molecule has 1 rings (SSSR count). The van der Waals surface area contributed by atoms with Gasteiger partial charge in [-0.25, -0.2) is 9.59 Å². The SMILES string of the molecule is CCN(C)C(=O)Nc1cccc(C(=O)O)c1C. The largest absolute Gasteiger partial charge is 0.478 e. The highest BCUT2D eigenvalue weighted by Gasteiger charge is 2.13. The highest BCUT2D eigenvalue weighted by Crippen LogP contribution is 2.19. The second-order valence-electron chi connectivity index (χ2n) is 3.73. The van der Waals surface area contributed by atoms with Gasteiger partial charge in [0.25, 0.3) is 0 Å². The molecule has 5 nitrogen and oxygen atoms in total. The molecule has 0 bridgehead atoms. The molecule has 1 aromatic rings. The van der Waals surface area contributed by atoms with Crippen LogP contribution in [-0.2, 0) is 0 Å². The van der Waals surface area contributed by atoms with Gasteiger partial charge in [-0.3, -0.25) is 0 Å². The number of nitrogens with one attached hydrogen (secondary N) is 1. The average molecular weight is 236 g/mol. The highest BCUT2D eigenvalue weighted by molar-refractivity contribution is 5.95. The highest BCUT2D eigenvalue weighted by atomic mass is 16.4. The summed E-state index contributed by atoms with van der Waals surface area (Å²) in [6.45, 7) is 4.12. The molecule has 0 saturated carbocycles. The lowest BCUT2D eigenvalue weighted by Gasteiger charge is -2.17. The van der Waals surface area contributed by atoms with Crippen LogP contribution in [0.4, 0.5) is 10.5 Å². The lowest BCUT2D eigenvalue weighted by Crippen LogP contribution is -2.31. The molecule has 0 heterocycles. The minimum absolute atomic E-state index is 0.196. The van der Waals surface area contributed by atoms with Gasteiger partial charge in [-0.1, -0.05) is 6.07 Å². The Labute approximate surface area is 100 Å². The first-order valence-corrected chi connectivity index (χ1v) is 5.32. The Morgan fingerprint density at radius 1 is 1.41 bits per heavy atom. The van der Waals surface area contributed by atoms with E-state index in [0.29, 0.717) is 17.8 Å². The van der Waals surface area contributed by atoms with Crippen LogP contribution in [0.15, 0.2) is 18.2 Å². The van der Waals surface area contributed by atoms with E-state index in [4.69, 9.17) is 5.11 Å². The first-order chi connectivity index (χ1) is 7.97. The van der Waals surface area contributed by atoms with Crippen LogP contribution in [0.3, 0.4) is 0 Å². The fraction of sp³-hybridized carbons (Fsp3) is 0.333. The van der Waals surface area contributed by atoms with E-state index in [-0.39, 0.29) is 11.6 Å². The molecule has 0 aliphatic carbocycles. The number of carboxylic acids is 1. The maximum absolute atomic E-state index is 11.6. The van der Waals surface area contributed by atoms with E-state index in [9.17, 15) is 9.59 Å². The summed E-state index contributed by atoms with van der Waals surface area (Å²) in [6, 6.07) is 4.55. The van der Waals surface area contributed by atoms with Crippen LogP contribution in [0, 0.1) is 6.92 Å². The van der Waals surface area contributed by atoms with Gasteiger partial charge < -0.3 is 15.3 Å².